The van der Waals surface area contributed by atoms with Crippen molar-refractivity contribution in [3.8, 4) is 11.4 Å². The van der Waals surface area contributed by atoms with E-state index in [2.05, 4.69) is 10.2 Å². The molecular formula is C11H9ClF3N3O2S. The first-order valence-electron chi connectivity index (χ1n) is 5.78. The number of hydrogen-bond acceptors (Lipinski definition) is 4. The molecule has 0 radical (unpaired) electrons. The number of hydrogen-bond donors (Lipinski definition) is 0. The molecule has 0 unspecified atom stereocenters. The van der Waals surface area contributed by atoms with Crippen LogP contribution in [-0.2, 0) is 15.6 Å². The zero-order valence-electron chi connectivity index (χ0n) is 10.6. The minimum absolute atomic E-state index is 0.0693. The molecule has 2 rings (SSSR count). The van der Waals surface area contributed by atoms with Gasteiger partial charge in [-0.3, -0.25) is 4.57 Å². The van der Waals surface area contributed by atoms with Crippen LogP contribution >= 0.6 is 10.7 Å². The molecule has 0 aliphatic rings. The van der Waals surface area contributed by atoms with E-state index in [4.69, 9.17) is 10.7 Å². The predicted molar refractivity (Wildman–Crippen MR) is 68.7 cm³/mol. The molecule has 114 valence electrons. The van der Waals surface area contributed by atoms with E-state index in [0.717, 1.165) is 4.57 Å². The van der Waals surface area contributed by atoms with Gasteiger partial charge in [-0.2, -0.15) is 0 Å². The quantitative estimate of drug-likeness (QED) is 0.803. The van der Waals surface area contributed by atoms with Gasteiger partial charge < -0.3 is 0 Å². The molecule has 0 N–H and O–H groups in total. The molecule has 0 aliphatic heterocycles. The maximum absolute atomic E-state index is 13.8. The molecule has 10 heteroatoms. The van der Waals surface area contributed by atoms with E-state index in [0.29, 0.717) is 18.6 Å². The van der Waals surface area contributed by atoms with Crippen LogP contribution in [0.1, 0.15) is 13.3 Å². The van der Waals surface area contributed by atoms with Crippen LogP contribution in [0.3, 0.4) is 0 Å². The molecule has 1 heterocycles. The highest BCUT2D eigenvalue weighted by molar-refractivity contribution is 8.13. The maximum Gasteiger partial charge on any atom is 0.296 e. The van der Waals surface area contributed by atoms with Gasteiger partial charge in [-0.05, 0) is 6.42 Å². The van der Waals surface area contributed by atoms with Gasteiger partial charge in [0.15, 0.2) is 5.82 Å². The first-order chi connectivity index (χ1) is 9.75. The van der Waals surface area contributed by atoms with Crippen LogP contribution in [0.2, 0.25) is 0 Å². The van der Waals surface area contributed by atoms with Gasteiger partial charge in [0.2, 0.25) is 0 Å². The zero-order valence-corrected chi connectivity index (χ0v) is 12.2. The lowest BCUT2D eigenvalue weighted by atomic mass is 10.1. The Balaban J connectivity index is 2.74. The topological polar surface area (TPSA) is 64.8 Å². The van der Waals surface area contributed by atoms with Crippen molar-refractivity contribution in [1.29, 1.82) is 0 Å². The highest BCUT2D eigenvalue weighted by Crippen LogP contribution is 2.28. The van der Waals surface area contributed by atoms with E-state index in [1.807, 2.05) is 0 Å². The van der Waals surface area contributed by atoms with Crippen molar-refractivity contribution in [2.75, 3.05) is 0 Å². The first-order valence-corrected chi connectivity index (χ1v) is 8.09. The Hall–Kier alpha value is -1.61. The number of benzene rings is 1. The van der Waals surface area contributed by atoms with Crippen molar-refractivity contribution in [2.24, 2.45) is 0 Å². The van der Waals surface area contributed by atoms with Crippen molar-refractivity contribution in [3.05, 3.63) is 29.6 Å². The lowest BCUT2D eigenvalue weighted by Crippen LogP contribution is -2.09. The van der Waals surface area contributed by atoms with E-state index >= 15 is 0 Å². The number of halogens is 4. The molecule has 1 aromatic carbocycles. The van der Waals surface area contributed by atoms with Crippen LogP contribution in [0.25, 0.3) is 11.4 Å². The Morgan fingerprint density at radius 1 is 1.19 bits per heavy atom. The summed E-state index contributed by atoms with van der Waals surface area (Å²) in [5.41, 5.74) is -0.663. The minimum Gasteiger partial charge on any atom is -0.297 e. The van der Waals surface area contributed by atoms with E-state index in [-0.39, 0.29) is 12.4 Å². The molecule has 0 saturated carbocycles. The van der Waals surface area contributed by atoms with Gasteiger partial charge in [0.05, 0.1) is 5.56 Å². The first kappa shape index (κ1) is 15.8. The molecule has 5 nitrogen and oxygen atoms in total. The Morgan fingerprint density at radius 2 is 1.76 bits per heavy atom. The molecule has 2 aromatic rings. The van der Waals surface area contributed by atoms with Gasteiger partial charge in [0.1, 0.15) is 17.5 Å². The summed E-state index contributed by atoms with van der Waals surface area (Å²) in [6.45, 7) is 1.78. The van der Waals surface area contributed by atoms with E-state index in [1.54, 1.807) is 6.92 Å². The lowest BCUT2D eigenvalue weighted by Gasteiger charge is -2.09. The van der Waals surface area contributed by atoms with Gasteiger partial charge in [0, 0.05) is 29.4 Å². The third-order valence-electron chi connectivity index (χ3n) is 2.61. The SMILES string of the molecule is CCCn1c(-c2c(F)cc(F)cc2F)nnc1S(=O)(=O)Cl. The summed E-state index contributed by atoms with van der Waals surface area (Å²) in [5.74, 6) is -3.89. The summed E-state index contributed by atoms with van der Waals surface area (Å²) in [5, 5.41) is 6.20. The average Bonchev–Trinajstić information content (AvgIpc) is 2.72. The Labute approximate surface area is 122 Å². The summed E-state index contributed by atoms with van der Waals surface area (Å²) in [6.07, 6.45) is 0.439. The fourth-order valence-corrected chi connectivity index (χ4v) is 2.76. The zero-order chi connectivity index (χ0) is 15.8. The Kier molecular flexibility index (Phi) is 4.24. The minimum atomic E-state index is -4.23. The smallest absolute Gasteiger partial charge is 0.296 e. The molecule has 0 atom stereocenters. The van der Waals surface area contributed by atoms with Gasteiger partial charge in [-0.25, -0.2) is 21.6 Å². The van der Waals surface area contributed by atoms with Crippen molar-refractivity contribution < 1.29 is 21.6 Å². The summed E-state index contributed by atoms with van der Waals surface area (Å²) in [6, 6.07) is 0.941. The number of nitrogens with zero attached hydrogens (tertiary/aromatic N) is 3. The molecule has 0 spiro atoms. The molecule has 0 fully saturated rings. The van der Waals surface area contributed by atoms with E-state index in [1.165, 1.54) is 0 Å². The second-order valence-corrected chi connectivity index (χ2v) is 6.60. The Bertz CT molecular complexity index is 769. The lowest BCUT2D eigenvalue weighted by molar-refractivity contribution is 0.539. The molecule has 0 bridgehead atoms. The highest BCUT2D eigenvalue weighted by atomic mass is 35.7. The van der Waals surface area contributed by atoms with Crippen LogP contribution in [0.15, 0.2) is 17.3 Å². The monoisotopic (exact) mass is 339 g/mol. The average molecular weight is 340 g/mol. The van der Waals surface area contributed by atoms with Crippen LogP contribution in [0.5, 0.6) is 0 Å². The second kappa shape index (κ2) is 5.64. The van der Waals surface area contributed by atoms with Gasteiger partial charge >= 0.3 is 0 Å². The fourth-order valence-electron chi connectivity index (χ4n) is 1.84. The van der Waals surface area contributed by atoms with E-state index < -0.39 is 37.2 Å². The van der Waals surface area contributed by atoms with E-state index in [9.17, 15) is 21.6 Å². The molecular weight excluding hydrogens is 331 g/mol. The summed E-state index contributed by atoms with van der Waals surface area (Å²) in [4.78, 5) is 0. The Morgan fingerprint density at radius 3 is 2.24 bits per heavy atom. The predicted octanol–water partition coefficient (Wildman–Crippen LogP) is 2.70. The van der Waals surface area contributed by atoms with Gasteiger partial charge in [-0.1, -0.05) is 6.92 Å². The number of aromatic nitrogens is 3. The van der Waals surface area contributed by atoms with Crippen molar-refractivity contribution in [2.45, 2.75) is 25.0 Å². The number of rotatable bonds is 4. The van der Waals surface area contributed by atoms with Crippen LogP contribution in [0, 0.1) is 17.5 Å². The highest BCUT2D eigenvalue weighted by Gasteiger charge is 2.26. The molecule has 0 amide bonds. The third-order valence-corrected chi connectivity index (χ3v) is 3.76. The summed E-state index contributed by atoms with van der Waals surface area (Å²) in [7, 11) is 0.972. The van der Waals surface area contributed by atoms with Crippen LogP contribution < -0.4 is 0 Å². The molecule has 0 aliphatic carbocycles. The second-order valence-electron chi connectivity index (χ2n) is 4.14. The van der Waals surface area contributed by atoms with Crippen LogP contribution in [0.4, 0.5) is 13.2 Å². The molecule has 1 aromatic heterocycles. The normalized spacial score (nSPS) is 11.9. The van der Waals surface area contributed by atoms with Gasteiger partial charge in [-0.15, -0.1) is 10.2 Å². The third kappa shape index (κ3) is 3.03. The maximum atomic E-state index is 13.8. The summed E-state index contributed by atoms with van der Waals surface area (Å²) < 4.78 is 64.2. The molecule has 0 saturated heterocycles. The largest absolute Gasteiger partial charge is 0.297 e. The van der Waals surface area contributed by atoms with Crippen molar-refractivity contribution in [1.82, 2.24) is 14.8 Å². The van der Waals surface area contributed by atoms with Crippen molar-refractivity contribution >= 4 is 19.7 Å². The van der Waals surface area contributed by atoms with Crippen LogP contribution in [-0.4, -0.2) is 23.2 Å². The molecule has 21 heavy (non-hydrogen) atoms. The fraction of sp³-hybridized carbons (Fsp3) is 0.273. The standard InChI is InChI=1S/C11H9ClF3N3O2S/c1-2-3-18-10(16-17-11(18)21(12,19)20)9-7(14)4-6(13)5-8(9)15/h4-5H,2-3H2,1H3. The van der Waals surface area contributed by atoms with Crippen molar-refractivity contribution in [3.63, 3.8) is 0 Å². The van der Waals surface area contributed by atoms with Gasteiger partial charge in [0.25, 0.3) is 14.2 Å². The summed E-state index contributed by atoms with van der Waals surface area (Å²) >= 11 is 0.